The topological polar surface area (TPSA) is 46.5 Å². The molecule has 0 saturated carbocycles. The molecule has 2 aliphatic carbocycles. The summed E-state index contributed by atoms with van der Waals surface area (Å²) in [6, 6.07) is 0. The van der Waals surface area contributed by atoms with Crippen molar-refractivity contribution in [3.8, 4) is 0 Å². The Kier molecular flexibility index (Phi) is 21.6. The zero-order valence-electron chi connectivity index (χ0n) is 36.8. The third-order valence-electron chi connectivity index (χ3n) is 11.1. The van der Waals surface area contributed by atoms with Gasteiger partial charge in [-0.2, -0.15) is 0 Å². The zero-order chi connectivity index (χ0) is 40.9. The van der Waals surface area contributed by atoms with Gasteiger partial charge >= 0.3 is 5.97 Å². The summed E-state index contributed by atoms with van der Waals surface area (Å²) in [5, 5.41) is 10.1. The van der Waals surface area contributed by atoms with Crippen molar-refractivity contribution in [2.24, 2.45) is 16.7 Å². The molecule has 0 aliphatic heterocycles. The molecule has 3 heteroatoms. The highest BCUT2D eigenvalue weighted by Gasteiger charge is 2.35. The molecule has 0 heterocycles. The van der Waals surface area contributed by atoms with Gasteiger partial charge < -0.3 is 9.84 Å². The minimum Gasteiger partial charge on any atom is -0.462 e. The number of aliphatic hydroxyl groups is 1. The molecule has 2 rings (SSSR count). The average molecular weight is 751 g/mol. The van der Waals surface area contributed by atoms with Crippen LogP contribution in [-0.4, -0.2) is 23.3 Å². The van der Waals surface area contributed by atoms with Gasteiger partial charge in [0.15, 0.2) is 0 Å². The lowest BCUT2D eigenvalue weighted by molar-refractivity contribution is -0.150. The zero-order valence-corrected chi connectivity index (χ0v) is 36.8. The highest BCUT2D eigenvalue weighted by atomic mass is 16.5. The summed E-state index contributed by atoms with van der Waals surface area (Å²) < 4.78 is 5.98. The summed E-state index contributed by atoms with van der Waals surface area (Å²) in [7, 11) is 0. The third kappa shape index (κ3) is 19.3. The van der Waals surface area contributed by atoms with Crippen LogP contribution in [0.1, 0.15) is 160 Å². The first-order valence-corrected chi connectivity index (χ1v) is 21.4. The Bertz CT molecular complexity index is 1550. The molecule has 0 radical (unpaired) electrons. The monoisotopic (exact) mass is 751 g/mol. The normalized spacial score (nSPS) is 23.0. The smallest absolute Gasteiger partial charge is 0.306 e. The van der Waals surface area contributed by atoms with Gasteiger partial charge in [-0.25, -0.2) is 0 Å². The Labute approximate surface area is 338 Å². The first kappa shape index (κ1) is 47.7. The molecule has 0 aromatic carbocycles. The van der Waals surface area contributed by atoms with Gasteiger partial charge in [-0.15, -0.1) is 0 Å². The maximum Gasteiger partial charge on any atom is 0.306 e. The van der Waals surface area contributed by atoms with Gasteiger partial charge in [-0.1, -0.05) is 211 Å². The molecule has 0 amide bonds. The summed E-state index contributed by atoms with van der Waals surface area (Å²) in [4.78, 5) is 12.6. The molecule has 3 atom stereocenters. The molecule has 304 valence electrons. The summed E-state index contributed by atoms with van der Waals surface area (Å²) in [5.41, 5.74) is 8.68. The lowest BCUT2D eigenvalue weighted by Gasteiger charge is -2.38. The molecular weight excluding hydrogens is 673 g/mol. The second-order valence-corrected chi connectivity index (χ2v) is 17.8. The SMILES string of the molecule is CCCCCCCCCCCC(=O)O[C@@H]1CC(C)=C(/C=C/C(C)=C/C=C/C(C)=C/C=C/C=C(C)/C=C/C=C(C)/C=C/[C@H]2C(C)=C[C@H](O)CC2(C)C)C(C)(C)C1. The Morgan fingerprint density at radius 1 is 0.727 bits per heavy atom. The van der Waals surface area contributed by atoms with Crippen LogP contribution in [0.3, 0.4) is 0 Å². The molecule has 0 spiro atoms. The van der Waals surface area contributed by atoms with Crippen LogP contribution in [0.4, 0.5) is 0 Å². The van der Waals surface area contributed by atoms with Crippen molar-refractivity contribution in [1.82, 2.24) is 0 Å². The number of esters is 1. The second-order valence-electron chi connectivity index (χ2n) is 17.8. The second kappa shape index (κ2) is 25.0. The van der Waals surface area contributed by atoms with E-state index in [2.05, 4.69) is 161 Å². The lowest BCUT2D eigenvalue weighted by Crippen LogP contribution is -2.32. The number of hydrogen-bond donors (Lipinski definition) is 1. The van der Waals surface area contributed by atoms with E-state index in [0.29, 0.717) is 12.3 Å². The number of hydrogen-bond acceptors (Lipinski definition) is 3. The molecule has 0 unspecified atom stereocenters. The van der Waals surface area contributed by atoms with E-state index in [-0.39, 0.29) is 29.0 Å². The van der Waals surface area contributed by atoms with Gasteiger partial charge in [0, 0.05) is 18.8 Å². The predicted molar refractivity (Wildman–Crippen MR) is 240 cm³/mol. The molecule has 3 nitrogen and oxygen atoms in total. The van der Waals surface area contributed by atoms with Crippen molar-refractivity contribution in [3.05, 3.63) is 130 Å². The molecule has 0 saturated heterocycles. The molecule has 0 aromatic rings. The predicted octanol–water partition coefficient (Wildman–Crippen LogP) is 14.9. The Morgan fingerprint density at radius 2 is 1.24 bits per heavy atom. The third-order valence-corrected chi connectivity index (χ3v) is 11.1. The fourth-order valence-corrected chi connectivity index (χ4v) is 8.02. The molecule has 0 fully saturated rings. The number of unbranched alkanes of at least 4 members (excludes halogenated alkanes) is 8. The number of aliphatic hydroxyl groups excluding tert-OH is 1. The van der Waals surface area contributed by atoms with Crippen molar-refractivity contribution in [2.75, 3.05) is 0 Å². The number of carbonyl (C=O) groups is 1. The van der Waals surface area contributed by atoms with Gasteiger partial charge in [0.2, 0.25) is 0 Å². The van der Waals surface area contributed by atoms with Crippen LogP contribution in [-0.2, 0) is 9.53 Å². The Balaban J connectivity index is 1.82. The highest BCUT2D eigenvalue weighted by molar-refractivity contribution is 5.69. The maximum atomic E-state index is 12.6. The van der Waals surface area contributed by atoms with Crippen molar-refractivity contribution < 1.29 is 14.6 Å². The van der Waals surface area contributed by atoms with Gasteiger partial charge in [-0.3, -0.25) is 4.79 Å². The summed E-state index contributed by atoms with van der Waals surface area (Å²) in [6.45, 7) is 24.1. The number of ether oxygens (including phenoxy) is 1. The molecule has 0 aromatic heterocycles. The average Bonchev–Trinajstić information content (AvgIpc) is 3.07. The number of allylic oxidation sites excluding steroid dienone is 20. The van der Waals surface area contributed by atoms with Crippen LogP contribution < -0.4 is 0 Å². The van der Waals surface area contributed by atoms with Gasteiger partial charge in [-0.05, 0) is 77.2 Å². The molecule has 2 aliphatic rings. The van der Waals surface area contributed by atoms with E-state index in [1.165, 1.54) is 84.0 Å². The summed E-state index contributed by atoms with van der Waals surface area (Å²) in [5.74, 6) is 0.312. The van der Waals surface area contributed by atoms with Gasteiger partial charge in [0.05, 0.1) is 6.10 Å². The fourth-order valence-electron chi connectivity index (χ4n) is 8.02. The van der Waals surface area contributed by atoms with Crippen LogP contribution in [0, 0.1) is 16.7 Å². The Hall–Kier alpha value is -3.43. The van der Waals surface area contributed by atoms with Crippen LogP contribution in [0.2, 0.25) is 0 Å². The number of carbonyl (C=O) groups excluding carboxylic acids is 1. The fraction of sp³-hybridized carbons (Fsp3) is 0.558. The van der Waals surface area contributed by atoms with Crippen molar-refractivity contribution in [1.29, 1.82) is 0 Å². The van der Waals surface area contributed by atoms with Crippen LogP contribution >= 0.6 is 0 Å². The van der Waals surface area contributed by atoms with Gasteiger partial charge in [0.1, 0.15) is 6.10 Å². The lowest BCUT2D eigenvalue weighted by atomic mass is 9.67. The van der Waals surface area contributed by atoms with Crippen LogP contribution in [0.25, 0.3) is 0 Å². The van der Waals surface area contributed by atoms with Crippen molar-refractivity contribution in [2.45, 2.75) is 172 Å². The van der Waals surface area contributed by atoms with Crippen molar-refractivity contribution in [3.63, 3.8) is 0 Å². The van der Waals surface area contributed by atoms with Crippen molar-refractivity contribution >= 4 is 5.97 Å². The maximum absolute atomic E-state index is 12.6. The largest absolute Gasteiger partial charge is 0.462 e. The van der Waals surface area contributed by atoms with Gasteiger partial charge in [0.25, 0.3) is 0 Å². The van der Waals surface area contributed by atoms with E-state index >= 15 is 0 Å². The van der Waals surface area contributed by atoms with Crippen LogP contribution in [0.15, 0.2) is 130 Å². The standard InChI is InChI=1S/C52H78O3/c1-12-13-14-15-16-17-18-19-20-31-50(54)55-47-37-45(7)49(52(10,11)39-47)35-33-43(5)30-24-28-41(3)26-22-21-25-40(2)27-23-29-42(4)32-34-48-44(6)36-46(53)38-51(48,8)9/h21-30,32-36,46-48,53H,12-20,31,37-39H2,1-11H3/b22-21+,27-23+,28-24+,34-32+,35-33+,40-25+,41-26+,42-29+,43-30+/t46-,47+,48-/m0/s1. The van der Waals surface area contributed by atoms with E-state index in [4.69, 9.17) is 4.74 Å². The van der Waals surface area contributed by atoms with E-state index in [1.807, 2.05) is 6.08 Å². The first-order chi connectivity index (χ1) is 26.0. The van der Waals surface area contributed by atoms with E-state index in [1.54, 1.807) is 0 Å². The minimum absolute atomic E-state index is 0.0291. The van der Waals surface area contributed by atoms with E-state index < -0.39 is 0 Å². The molecule has 1 N–H and O–H groups in total. The van der Waals surface area contributed by atoms with E-state index in [0.717, 1.165) is 32.1 Å². The minimum atomic E-state index is -0.336. The Morgan fingerprint density at radius 3 is 1.78 bits per heavy atom. The molecule has 55 heavy (non-hydrogen) atoms. The first-order valence-electron chi connectivity index (χ1n) is 21.4. The van der Waals surface area contributed by atoms with E-state index in [9.17, 15) is 9.90 Å². The number of rotatable bonds is 21. The van der Waals surface area contributed by atoms with Crippen LogP contribution in [0.5, 0.6) is 0 Å². The molecular formula is C52H78O3. The summed E-state index contributed by atoms with van der Waals surface area (Å²) >= 11 is 0. The quantitative estimate of drug-likeness (QED) is 0.0550. The highest BCUT2D eigenvalue weighted by Crippen LogP contribution is 2.43. The summed E-state index contributed by atoms with van der Waals surface area (Å²) in [6.07, 6.45) is 46.0. The molecule has 0 bridgehead atoms.